The maximum atomic E-state index is 12.5. The molecule has 0 heterocycles. The van der Waals surface area contributed by atoms with Gasteiger partial charge in [-0.2, -0.15) is 0 Å². The Morgan fingerprint density at radius 2 is 0.672 bits per heavy atom. The first-order valence-corrected chi connectivity index (χ1v) is 29.1. The highest BCUT2D eigenvalue weighted by atomic mass is 16.3. The topological polar surface area (TPSA) is 89.8 Å². The number of allylic oxidation sites excluding steroid dienone is 3. The van der Waals surface area contributed by atoms with Gasteiger partial charge in [-0.25, -0.2) is 0 Å². The van der Waals surface area contributed by atoms with Crippen molar-refractivity contribution in [3.63, 3.8) is 0 Å². The SMILES string of the molecule is CCCCCCCCCCCCCCC/C=C/CC/C=C/C(O)C(CO)NC(=O)CC(O)CCCCCCCCCCCCCCCCCCCCCCCCCCCCCCCC. The Balaban J connectivity index is 3.53. The van der Waals surface area contributed by atoms with Crippen LogP contribution in [0, 0.1) is 0 Å². The Kier molecular flexibility index (Phi) is 53.4. The van der Waals surface area contributed by atoms with E-state index in [2.05, 4.69) is 31.3 Å². The molecule has 0 saturated heterocycles. The van der Waals surface area contributed by atoms with E-state index in [0.29, 0.717) is 6.42 Å². The molecule has 5 heteroatoms. The maximum Gasteiger partial charge on any atom is 0.222 e. The summed E-state index contributed by atoms with van der Waals surface area (Å²) < 4.78 is 0. The summed E-state index contributed by atoms with van der Waals surface area (Å²) >= 11 is 0. The van der Waals surface area contributed by atoms with Crippen molar-refractivity contribution in [3.8, 4) is 0 Å². The number of nitrogens with one attached hydrogen (secondary N) is 1. The van der Waals surface area contributed by atoms with E-state index >= 15 is 0 Å². The molecule has 5 nitrogen and oxygen atoms in total. The number of carbonyl (C=O) groups excluding carboxylic acids is 1. The van der Waals surface area contributed by atoms with Crippen molar-refractivity contribution in [2.24, 2.45) is 0 Å². The second-order valence-corrected chi connectivity index (χ2v) is 20.3. The molecule has 0 radical (unpaired) electrons. The third kappa shape index (κ3) is 50.2. The van der Waals surface area contributed by atoms with Crippen molar-refractivity contribution in [1.82, 2.24) is 5.32 Å². The van der Waals surface area contributed by atoms with E-state index in [1.54, 1.807) is 6.08 Å². The summed E-state index contributed by atoms with van der Waals surface area (Å²) in [6, 6.07) is -0.759. The van der Waals surface area contributed by atoms with Crippen molar-refractivity contribution in [1.29, 1.82) is 0 Å². The third-order valence-corrected chi connectivity index (χ3v) is 13.7. The zero-order valence-electron chi connectivity index (χ0n) is 43.4. The van der Waals surface area contributed by atoms with Crippen LogP contribution in [-0.2, 0) is 4.79 Å². The molecule has 1 amide bonds. The predicted molar refractivity (Wildman–Crippen MR) is 282 cm³/mol. The lowest BCUT2D eigenvalue weighted by Gasteiger charge is -2.21. The zero-order valence-corrected chi connectivity index (χ0v) is 43.4. The van der Waals surface area contributed by atoms with Gasteiger partial charge < -0.3 is 20.6 Å². The minimum absolute atomic E-state index is 0.0105. The summed E-state index contributed by atoms with van der Waals surface area (Å²) in [5, 5.41) is 33.4. The smallest absolute Gasteiger partial charge is 0.222 e. The van der Waals surface area contributed by atoms with Crippen LogP contribution in [0.5, 0.6) is 0 Å². The van der Waals surface area contributed by atoms with Gasteiger partial charge in [0.15, 0.2) is 0 Å². The van der Waals surface area contributed by atoms with Crippen LogP contribution >= 0.6 is 0 Å². The monoisotopic (exact) mass is 902 g/mol. The van der Waals surface area contributed by atoms with Gasteiger partial charge in [0.05, 0.1) is 31.3 Å². The van der Waals surface area contributed by atoms with Crippen molar-refractivity contribution in [3.05, 3.63) is 24.3 Å². The molecule has 3 unspecified atom stereocenters. The molecule has 0 rings (SSSR count). The molecular weight excluding hydrogens is 787 g/mol. The molecule has 0 aliphatic carbocycles. The largest absolute Gasteiger partial charge is 0.394 e. The maximum absolute atomic E-state index is 12.5. The number of carbonyl (C=O) groups is 1. The van der Waals surface area contributed by atoms with Crippen molar-refractivity contribution >= 4 is 5.91 Å². The lowest BCUT2D eigenvalue weighted by Crippen LogP contribution is -2.45. The first-order chi connectivity index (χ1) is 31.5. The van der Waals surface area contributed by atoms with Crippen LogP contribution in [-0.4, -0.2) is 46.1 Å². The molecule has 0 aliphatic rings. The highest BCUT2D eigenvalue weighted by Crippen LogP contribution is 2.18. The second-order valence-electron chi connectivity index (χ2n) is 20.3. The molecule has 0 aliphatic heterocycles. The van der Waals surface area contributed by atoms with Crippen molar-refractivity contribution in [2.75, 3.05) is 6.61 Å². The Labute approximate surface area is 401 Å². The van der Waals surface area contributed by atoms with Crippen LogP contribution in [0.15, 0.2) is 24.3 Å². The Morgan fingerprint density at radius 3 is 1.00 bits per heavy atom. The van der Waals surface area contributed by atoms with Crippen LogP contribution < -0.4 is 5.32 Å². The third-order valence-electron chi connectivity index (χ3n) is 13.7. The fourth-order valence-corrected chi connectivity index (χ4v) is 9.30. The summed E-state index contributed by atoms with van der Waals surface area (Å²) in [6.07, 6.45) is 69.6. The molecule has 3 atom stereocenters. The summed E-state index contributed by atoms with van der Waals surface area (Å²) in [4.78, 5) is 12.5. The van der Waals surface area contributed by atoms with Gasteiger partial charge in [-0.05, 0) is 32.1 Å². The average Bonchev–Trinajstić information content (AvgIpc) is 3.29. The van der Waals surface area contributed by atoms with E-state index in [0.717, 1.165) is 32.1 Å². The predicted octanol–water partition coefficient (Wildman–Crippen LogP) is 18.1. The number of amides is 1. The molecule has 0 bridgehead atoms. The minimum atomic E-state index is -0.950. The van der Waals surface area contributed by atoms with Crippen LogP contribution in [0.1, 0.15) is 322 Å². The van der Waals surface area contributed by atoms with E-state index in [1.165, 1.54) is 263 Å². The quantitative estimate of drug-likeness (QED) is 0.0362. The fourth-order valence-electron chi connectivity index (χ4n) is 9.30. The Bertz CT molecular complexity index is 951. The molecular formula is C59H115NO4. The van der Waals surface area contributed by atoms with Gasteiger partial charge >= 0.3 is 0 Å². The van der Waals surface area contributed by atoms with E-state index in [1.807, 2.05) is 6.08 Å². The molecule has 0 aromatic carbocycles. The van der Waals surface area contributed by atoms with Gasteiger partial charge in [-0.1, -0.05) is 308 Å². The highest BCUT2D eigenvalue weighted by Gasteiger charge is 2.20. The van der Waals surface area contributed by atoms with E-state index in [9.17, 15) is 20.1 Å². The summed E-state index contributed by atoms with van der Waals surface area (Å²) in [6.45, 7) is 4.24. The Hall–Kier alpha value is -1.17. The fraction of sp³-hybridized carbons (Fsp3) is 0.915. The van der Waals surface area contributed by atoms with Crippen LogP contribution in [0.3, 0.4) is 0 Å². The van der Waals surface area contributed by atoms with Crippen LogP contribution in [0.4, 0.5) is 0 Å². The number of rotatable bonds is 54. The van der Waals surface area contributed by atoms with Gasteiger partial charge in [0.25, 0.3) is 0 Å². The number of hydrogen-bond acceptors (Lipinski definition) is 4. The second kappa shape index (κ2) is 54.4. The summed E-state index contributed by atoms with van der Waals surface area (Å²) in [5.74, 6) is -0.319. The first kappa shape index (κ1) is 62.8. The van der Waals surface area contributed by atoms with Gasteiger partial charge in [0.1, 0.15) is 0 Å². The van der Waals surface area contributed by atoms with E-state index < -0.39 is 18.2 Å². The molecule has 0 fully saturated rings. The van der Waals surface area contributed by atoms with Gasteiger partial charge in [0.2, 0.25) is 5.91 Å². The Morgan fingerprint density at radius 1 is 0.391 bits per heavy atom. The molecule has 64 heavy (non-hydrogen) atoms. The molecule has 0 aromatic rings. The zero-order chi connectivity index (χ0) is 46.5. The van der Waals surface area contributed by atoms with Crippen molar-refractivity contribution in [2.45, 2.75) is 340 Å². The molecule has 380 valence electrons. The van der Waals surface area contributed by atoms with Gasteiger partial charge in [-0.15, -0.1) is 0 Å². The first-order valence-electron chi connectivity index (χ1n) is 29.1. The summed E-state index contributed by atoms with van der Waals surface area (Å²) in [5.41, 5.74) is 0. The van der Waals surface area contributed by atoms with Gasteiger partial charge in [0, 0.05) is 0 Å². The van der Waals surface area contributed by atoms with Crippen molar-refractivity contribution < 1.29 is 20.1 Å². The lowest BCUT2D eigenvalue weighted by atomic mass is 10.0. The number of aliphatic hydroxyl groups excluding tert-OH is 3. The number of aliphatic hydroxyl groups is 3. The van der Waals surface area contributed by atoms with Gasteiger partial charge in [-0.3, -0.25) is 4.79 Å². The lowest BCUT2D eigenvalue weighted by molar-refractivity contribution is -0.124. The molecule has 0 spiro atoms. The van der Waals surface area contributed by atoms with Crippen LogP contribution in [0.25, 0.3) is 0 Å². The molecule has 4 N–H and O–H groups in total. The average molecular weight is 903 g/mol. The van der Waals surface area contributed by atoms with E-state index in [4.69, 9.17) is 0 Å². The minimum Gasteiger partial charge on any atom is -0.394 e. The van der Waals surface area contributed by atoms with Crippen LogP contribution in [0.2, 0.25) is 0 Å². The number of unbranched alkanes of at least 4 members (excludes halogenated alkanes) is 43. The molecule has 0 aromatic heterocycles. The van der Waals surface area contributed by atoms with E-state index in [-0.39, 0.29) is 18.9 Å². The molecule has 0 saturated carbocycles. The highest BCUT2D eigenvalue weighted by molar-refractivity contribution is 5.76. The normalized spacial score (nSPS) is 13.4. The summed E-state index contributed by atoms with van der Waals surface area (Å²) in [7, 11) is 0. The number of hydrogen-bond donors (Lipinski definition) is 4. The standard InChI is InChI=1S/C59H115NO4/c1-3-5-7-9-11-13-15-17-19-21-23-24-25-26-27-28-29-30-31-32-33-35-36-38-40-42-44-46-48-50-52-56(62)54-59(64)60-57(55-61)58(63)53-51-49-47-45-43-41-39-37-34-22-20-18-16-14-12-10-8-6-4-2/h43,45,51,53,56-58,61-63H,3-42,44,46-50,52,54-55H2,1-2H3,(H,60,64)/b45-43+,53-51+.